The Kier molecular flexibility index (Phi) is 52.5. The molecule has 0 bridgehead atoms. The molecule has 2 heterocycles. The Labute approximate surface area is 701 Å². The number of phenols is 1. The molecule has 672 valence electrons. The van der Waals surface area contributed by atoms with Crippen molar-refractivity contribution in [3.63, 3.8) is 0 Å². The number of carbonyl (C=O) groups is 13. The van der Waals surface area contributed by atoms with Crippen molar-refractivity contribution in [2.75, 3.05) is 192 Å². The zero-order valence-electron chi connectivity index (χ0n) is 71.2. The monoisotopic (exact) mass is 1710 g/mol. The van der Waals surface area contributed by atoms with Gasteiger partial charge in [-0.1, -0.05) is 47.1 Å². The molecule has 2 aromatic rings. The average Bonchev–Trinajstić information content (AvgIpc) is 1.79. The number of nitrogens with zero attached hydrogens (tertiary/aromatic N) is 4. The van der Waals surface area contributed by atoms with Gasteiger partial charge in [0, 0.05) is 89.6 Å². The molecule has 39 heteroatoms. The number of rotatable bonds is 68. The van der Waals surface area contributed by atoms with Crippen molar-refractivity contribution in [3.8, 4) is 5.75 Å². The van der Waals surface area contributed by atoms with Crippen molar-refractivity contribution in [2.24, 2.45) is 17.8 Å². The summed E-state index contributed by atoms with van der Waals surface area (Å²) in [6, 6.07) is 0.906. The van der Waals surface area contributed by atoms with E-state index < -0.39 is 114 Å². The number of esters is 1. The van der Waals surface area contributed by atoms with E-state index in [-0.39, 0.29) is 143 Å². The Balaban J connectivity index is 1.42. The fourth-order valence-electron chi connectivity index (χ4n) is 11.4. The van der Waals surface area contributed by atoms with E-state index in [0.29, 0.717) is 131 Å². The number of aliphatic carboxylic acids is 1. The average molecular weight is 1710 g/mol. The largest absolute Gasteiger partial charge is 0.506 e. The minimum Gasteiger partial charge on any atom is -0.506 e. The molecule has 0 saturated carbocycles. The standard InChI is InChI=1S/C80H130N12O26S/c1-13-55(4)73(89-79(107)80(7,8)90(9)10)77(104)91(11)63(54(2)3)49-65(118-57(6)93)76-88-62(53-119-76)75(103)85-59(46-56(5)78(105)106)47-58-21-22-64(94)61(48-58)87-69(98)51-84-68(97)50-83-66(95)19-16-26-82-74(102)60(86-67(96)20-17-27-92-71(100)23-24-72(92)101)18-14-15-25-81-70(99)52-117-45-44-116-43-42-115-41-40-114-39-38-113-37-36-112-35-34-111-33-32-110-31-30-109-29-28-108-12/h21-24,48,53-56,59-60,63,65,73,94H,13-20,25-47,49-52H2,1-12H3,(H,81,99)(H,82,102)(H,83,95)(H,84,97)(H,85,103)(H,86,96)(H,87,98)(H,89,107)(H,105,106)/t55-,56-,59+,60-,63+,65+,73-/m0/s1. The van der Waals surface area contributed by atoms with Gasteiger partial charge < -0.3 is 110 Å². The van der Waals surface area contributed by atoms with Gasteiger partial charge in [-0.3, -0.25) is 72.1 Å². The van der Waals surface area contributed by atoms with E-state index >= 15 is 0 Å². The molecule has 1 aliphatic heterocycles. The maximum absolute atomic E-state index is 14.4. The number of carboxylic acid groups (broad SMARTS) is 1. The number of aromatic nitrogens is 1. The Morgan fingerprint density at radius 1 is 0.613 bits per heavy atom. The number of thiazole rings is 1. The fourth-order valence-corrected chi connectivity index (χ4v) is 12.2. The second kappa shape index (κ2) is 59.9. The molecule has 119 heavy (non-hydrogen) atoms. The molecule has 0 unspecified atom stereocenters. The van der Waals surface area contributed by atoms with E-state index in [2.05, 4.69) is 47.5 Å². The van der Waals surface area contributed by atoms with Crippen LogP contribution < -0.4 is 42.5 Å². The normalized spacial score (nSPS) is 13.9. The molecule has 0 spiro atoms. The third-order valence-electron chi connectivity index (χ3n) is 19.1. The number of amides is 11. The lowest BCUT2D eigenvalue weighted by Crippen LogP contribution is -2.60. The van der Waals surface area contributed by atoms with E-state index in [1.54, 1.807) is 51.9 Å². The minimum absolute atomic E-state index is 0.00132. The summed E-state index contributed by atoms with van der Waals surface area (Å²) in [4.78, 5) is 177. The maximum atomic E-state index is 14.4. The summed E-state index contributed by atoms with van der Waals surface area (Å²) in [7, 11) is 6.80. The van der Waals surface area contributed by atoms with Crippen LogP contribution in [0.4, 0.5) is 5.69 Å². The Bertz CT molecular complexity index is 3460. The van der Waals surface area contributed by atoms with Gasteiger partial charge in [0.25, 0.3) is 17.7 Å². The number of phenolic OH excluding ortho intramolecular Hbond substituents is 1. The van der Waals surface area contributed by atoms with Crippen LogP contribution >= 0.6 is 11.3 Å². The van der Waals surface area contributed by atoms with Gasteiger partial charge >= 0.3 is 11.9 Å². The summed E-state index contributed by atoms with van der Waals surface area (Å²) in [6.45, 7) is 20.2. The number of benzene rings is 1. The van der Waals surface area contributed by atoms with Crippen LogP contribution in [0.25, 0.3) is 0 Å². The number of likely N-dealkylation sites (N-methyl/N-ethyl adjacent to an activating group) is 2. The van der Waals surface area contributed by atoms with E-state index in [1.807, 2.05) is 27.7 Å². The molecule has 0 radical (unpaired) electrons. The lowest BCUT2D eigenvalue weighted by atomic mass is 9.92. The Hall–Kier alpha value is -8.74. The molecule has 0 aliphatic carbocycles. The number of hydrogen-bond donors (Lipinski definition) is 10. The first-order valence-electron chi connectivity index (χ1n) is 40.4. The van der Waals surface area contributed by atoms with Gasteiger partial charge in [-0.05, 0) is 102 Å². The number of unbranched alkanes of at least 4 members (excludes halogenated alkanes) is 1. The van der Waals surface area contributed by atoms with Crippen LogP contribution in [0.5, 0.6) is 5.75 Å². The number of imide groups is 1. The van der Waals surface area contributed by atoms with E-state index in [0.717, 1.165) is 28.4 Å². The fraction of sp³-hybridized carbons (Fsp3) is 0.700. The highest BCUT2D eigenvalue weighted by Crippen LogP contribution is 2.32. The topological polar surface area (TPSA) is 483 Å². The number of ether oxygens (including phenoxy) is 11. The molecule has 10 N–H and O–H groups in total. The first kappa shape index (κ1) is 104. The van der Waals surface area contributed by atoms with Gasteiger partial charge in [-0.2, -0.15) is 0 Å². The summed E-state index contributed by atoms with van der Waals surface area (Å²) >= 11 is 1.05. The first-order chi connectivity index (χ1) is 56.8. The lowest BCUT2D eigenvalue weighted by Gasteiger charge is -2.38. The predicted molar refractivity (Wildman–Crippen MR) is 436 cm³/mol. The predicted octanol–water partition coefficient (Wildman–Crippen LogP) is 1.99. The van der Waals surface area contributed by atoms with Gasteiger partial charge in [-0.15, -0.1) is 11.3 Å². The molecular weight excluding hydrogens is 1580 g/mol. The maximum Gasteiger partial charge on any atom is 0.306 e. The number of aromatic hydroxyl groups is 1. The van der Waals surface area contributed by atoms with Gasteiger partial charge in [0.15, 0.2) is 6.10 Å². The van der Waals surface area contributed by atoms with Crippen molar-refractivity contribution in [1.29, 1.82) is 0 Å². The second-order valence-electron chi connectivity index (χ2n) is 29.3. The number of carbonyl (C=O) groups excluding carboxylic acids is 12. The highest BCUT2D eigenvalue weighted by molar-refractivity contribution is 7.09. The number of methoxy groups -OCH3 is 1. The number of carboxylic acids is 1. The van der Waals surface area contributed by atoms with Gasteiger partial charge in [-0.25, -0.2) is 4.98 Å². The lowest BCUT2D eigenvalue weighted by molar-refractivity contribution is -0.149. The van der Waals surface area contributed by atoms with Crippen LogP contribution in [0, 0.1) is 17.8 Å². The molecular formula is C80H130N12O26S. The summed E-state index contributed by atoms with van der Waals surface area (Å²) < 4.78 is 59.8. The zero-order chi connectivity index (χ0) is 88.1. The third kappa shape index (κ3) is 43.9. The Morgan fingerprint density at radius 2 is 1.14 bits per heavy atom. The quantitative estimate of drug-likeness (QED) is 0.0196. The summed E-state index contributed by atoms with van der Waals surface area (Å²) in [5.41, 5.74) is -0.626. The van der Waals surface area contributed by atoms with Crippen LogP contribution in [0.2, 0.25) is 0 Å². The summed E-state index contributed by atoms with van der Waals surface area (Å²) in [5, 5.41) is 43.8. The molecule has 0 fully saturated rings. The Morgan fingerprint density at radius 3 is 1.67 bits per heavy atom. The molecule has 1 aromatic carbocycles. The summed E-state index contributed by atoms with van der Waals surface area (Å²) in [5.74, 6) is -9.38. The van der Waals surface area contributed by atoms with Crippen molar-refractivity contribution in [2.45, 2.75) is 162 Å². The van der Waals surface area contributed by atoms with Crippen LogP contribution in [0.15, 0.2) is 35.7 Å². The number of nitrogens with one attached hydrogen (secondary N) is 8. The van der Waals surface area contributed by atoms with Crippen LogP contribution in [-0.2, 0) is 116 Å². The van der Waals surface area contributed by atoms with Crippen molar-refractivity contribution < 1.29 is 125 Å². The molecule has 0 saturated heterocycles. The minimum atomic E-state index is -1.14. The molecule has 11 amide bonds. The first-order valence-corrected chi connectivity index (χ1v) is 41.3. The molecule has 7 atom stereocenters. The van der Waals surface area contributed by atoms with Crippen molar-refractivity contribution >= 4 is 93.9 Å². The summed E-state index contributed by atoms with van der Waals surface area (Å²) in [6.07, 6.45) is 2.84. The highest BCUT2D eigenvalue weighted by Gasteiger charge is 2.39. The van der Waals surface area contributed by atoms with Crippen LogP contribution in [-0.4, -0.2) is 323 Å². The van der Waals surface area contributed by atoms with Crippen LogP contribution in [0.3, 0.4) is 0 Å². The molecule has 1 aromatic heterocycles. The third-order valence-corrected chi connectivity index (χ3v) is 20.0. The van der Waals surface area contributed by atoms with Crippen LogP contribution in [0.1, 0.15) is 147 Å². The van der Waals surface area contributed by atoms with Crippen molar-refractivity contribution in [1.82, 2.24) is 56.9 Å². The smallest absolute Gasteiger partial charge is 0.306 e. The van der Waals surface area contributed by atoms with Gasteiger partial charge in [0.1, 0.15) is 35.1 Å². The molecule has 1 aliphatic rings. The number of anilines is 1. The van der Waals surface area contributed by atoms with Gasteiger partial charge in [0.2, 0.25) is 47.3 Å². The SMILES string of the molecule is CC[C@H](C)[C@H](NC(=O)C(C)(C)N(C)C)C(=O)N(C)[C@H](C[C@@H](OC(C)=O)c1nc(C(=O)N[C@@H](Cc2ccc(O)c(NC(=O)CNC(=O)CNC(=O)CCCNC(=O)[C@H](CCCCNC(=O)COCCOCCOCCOCCOCCOCCOCCOCCOCCOC)NC(=O)CCCN3C(=O)C=CC3=O)c2)C[C@H](C)C(=O)O)cs1)C(C)C. The zero-order valence-corrected chi connectivity index (χ0v) is 72.0. The van der Waals surface area contributed by atoms with Gasteiger partial charge in [0.05, 0.1) is 149 Å². The number of hydrogen-bond acceptors (Lipinski definition) is 28. The molecule has 38 nitrogen and oxygen atoms in total. The van der Waals surface area contributed by atoms with Crippen molar-refractivity contribution in [3.05, 3.63) is 52.0 Å². The second-order valence-corrected chi connectivity index (χ2v) is 30.2. The molecule has 3 rings (SSSR count). The van der Waals surface area contributed by atoms with E-state index in [1.165, 1.54) is 37.4 Å². The highest BCUT2D eigenvalue weighted by atomic mass is 32.1. The van der Waals surface area contributed by atoms with E-state index in [9.17, 15) is 72.5 Å². The van der Waals surface area contributed by atoms with E-state index in [4.69, 9.17) is 52.1 Å².